The zero-order chi connectivity index (χ0) is 20.1. The molecule has 6 nitrogen and oxygen atoms in total. The summed E-state index contributed by atoms with van der Waals surface area (Å²) in [6.07, 6.45) is 0.877. The van der Waals surface area contributed by atoms with E-state index in [-0.39, 0.29) is 18.4 Å². The maximum atomic E-state index is 12.2. The normalized spacial score (nSPS) is 14.6. The highest BCUT2D eigenvalue weighted by molar-refractivity contribution is 6.31. The van der Waals surface area contributed by atoms with E-state index in [1.807, 2.05) is 6.07 Å². The van der Waals surface area contributed by atoms with Crippen LogP contribution < -0.4 is 10.2 Å². The van der Waals surface area contributed by atoms with Gasteiger partial charge in [-0.25, -0.2) is 0 Å². The van der Waals surface area contributed by atoms with Crippen LogP contribution in [0.5, 0.6) is 0 Å². The van der Waals surface area contributed by atoms with Gasteiger partial charge in [0.15, 0.2) is 0 Å². The number of hydrogen-bond donors (Lipinski definition) is 1. The van der Waals surface area contributed by atoms with E-state index in [9.17, 15) is 14.4 Å². The summed E-state index contributed by atoms with van der Waals surface area (Å²) >= 11 is 6.09. The van der Waals surface area contributed by atoms with Crippen LogP contribution in [0.15, 0.2) is 48.5 Å². The van der Waals surface area contributed by atoms with E-state index in [2.05, 4.69) is 5.32 Å². The number of carbonyl (C=O) groups is 3. The van der Waals surface area contributed by atoms with Crippen molar-refractivity contribution in [3.05, 3.63) is 64.7 Å². The van der Waals surface area contributed by atoms with Gasteiger partial charge in [-0.05, 0) is 43.7 Å². The molecule has 0 spiro atoms. The molecule has 2 aromatic rings. The summed E-state index contributed by atoms with van der Waals surface area (Å²) in [5, 5.41) is 3.06. The molecular formula is C21H21ClN2O4. The van der Waals surface area contributed by atoms with E-state index in [0.29, 0.717) is 29.1 Å². The van der Waals surface area contributed by atoms with Crippen LogP contribution >= 0.6 is 11.6 Å². The van der Waals surface area contributed by atoms with Crippen molar-refractivity contribution in [3.8, 4) is 0 Å². The number of ether oxygens (including phenoxy) is 1. The first-order chi connectivity index (χ1) is 13.5. The van der Waals surface area contributed by atoms with E-state index in [1.165, 1.54) is 0 Å². The molecule has 7 heteroatoms. The molecule has 1 saturated heterocycles. The van der Waals surface area contributed by atoms with Gasteiger partial charge in [0.1, 0.15) is 12.6 Å². The summed E-state index contributed by atoms with van der Waals surface area (Å²) in [4.78, 5) is 37.7. The van der Waals surface area contributed by atoms with Gasteiger partial charge < -0.3 is 15.0 Å². The number of halogens is 1. The smallest absolute Gasteiger partial charge is 0.326 e. The SMILES string of the molecule is C[C@H](OC(=O)CNC(=O)c1ccc(N2CCCC2=O)cc1)c1ccccc1Cl. The average Bonchev–Trinajstić information content (AvgIpc) is 3.12. The first-order valence-electron chi connectivity index (χ1n) is 9.08. The topological polar surface area (TPSA) is 75.7 Å². The van der Waals surface area contributed by atoms with Crippen LogP contribution in [0, 0.1) is 0 Å². The molecule has 1 heterocycles. The molecule has 0 bridgehead atoms. The molecule has 1 fully saturated rings. The fourth-order valence-electron chi connectivity index (χ4n) is 3.08. The quantitative estimate of drug-likeness (QED) is 0.753. The minimum absolute atomic E-state index is 0.0904. The van der Waals surface area contributed by atoms with Crippen LogP contribution in [0.1, 0.15) is 41.8 Å². The lowest BCUT2D eigenvalue weighted by atomic mass is 10.1. The Morgan fingerprint density at radius 3 is 2.54 bits per heavy atom. The van der Waals surface area contributed by atoms with Gasteiger partial charge in [-0.3, -0.25) is 14.4 Å². The lowest BCUT2D eigenvalue weighted by molar-refractivity contribution is -0.147. The van der Waals surface area contributed by atoms with E-state index < -0.39 is 12.1 Å². The first-order valence-corrected chi connectivity index (χ1v) is 9.46. The molecule has 3 rings (SSSR count). The molecule has 1 N–H and O–H groups in total. The number of nitrogens with zero attached hydrogens (tertiary/aromatic N) is 1. The maximum absolute atomic E-state index is 12.2. The van der Waals surface area contributed by atoms with Crippen LogP contribution in [0.4, 0.5) is 5.69 Å². The van der Waals surface area contributed by atoms with Crippen molar-refractivity contribution < 1.29 is 19.1 Å². The minimum Gasteiger partial charge on any atom is -0.456 e. The third-order valence-electron chi connectivity index (χ3n) is 4.56. The van der Waals surface area contributed by atoms with Gasteiger partial charge in [0.25, 0.3) is 5.91 Å². The van der Waals surface area contributed by atoms with Crippen molar-refractivity contribution >= 4 is 35.1 Å². The lowest BCUT2D eigenvalue weighted by Crippen LogP contribution is -2.31. The maximum Gasteiger partial charge on any atom is 0.326 e. The summed E-state index contributed by atoms with van der Waals surface area (Å²) in [7, 11) is 0. The number of esters is 1. The predicted octanol–water partition coefficient (Wildman–Crippen LogP) is 3.50. The predicted molar refractivity (Wildman–Crippen MR) is 106 cm³/mol. The van der Waals surface area contributed by atoms with Crippen LogP contribution in [-0.4, -0.2) is 30.9 Å². The first kappa shape index (κ1) is 19.9. The molecule has 0 saturated carbocycles. The van der Waals surface area contributed by atoms with Crippen molar-refractivity contribution in [3.63, 3.8) is 0 Å². The Hall–Kier alpha value is -2.86. The highest BCUT2D eigenvalue weighted by atomic mass is 35.5. The Morgan fingerprint density at radius 2 is 1.89 bits per heavy atom. The summed E-state index contributed by atoms with van der Waals surface area (Å²) in [6.45, 7) is 2.17. The Bertz CT molecular complexity index is 882. The Kier molecular flexibility index (Phi) is 6.31. The standard InChI is InChI=1S/C21H21ClN2O4/c1-14(17-5-2-3-6-18(17)22)28-20(26)13-23-21(27)15-8-10-16(11-9-15)24-12-4-7-19(24)25/h2-3,5-6,8-11,14H,4,7,12-13H2,1H3,(H,23,27)/t14-/m0/s1. The second-order valence-corrected chi connectivity index (χ2v) is 6.94. The molecule has 1 atom stereocenters. The van der Waals surface area contributed by atoms with E-state index in [1.54, 1.807) is 54.3 Å². The molecule has 0 aromatic heterocycles. The summed E-state index contributed by atoms with van der Waals surface area (Å²) in [6, 6.07) is 13.8. The van der Waals surface area contributed by atoms with E-state index in [0.717, 1.165) is 12.1 Å². The monoisotopic (exact) mass is 400 g/mol. The van der Waals surface area contributed by atoms with Gasteiger partial charge in [-0.15, -0.1) is 0 Å². The Balaban J connectivity index is 1.51. The molecule has 0 unspecified atom stereocenters. The van der Waals surface area contributed by atoms with Crippen molar-refractivity contribution in [2.45, 2.75) is 25.9 Å². The van der Waals surface area contributed by atoms with Gasteiger partial charge in [0.05, 0.1) is 0 Å². The molecule has 1 aliphatic heterocycles. The number of anilines is 1. The van der Waals surface area contributed by atoms with Crippen molar-refractivity contribution in [1.29, 1.82) is 0 Å². The fourth-order valence-corrected chi connectivity index (χ4v) is 3.36. The highest BCUT2D eigenvalue weighted by Crippen LogP contribution is 2.25. The Morgan fingerprint density at radius 1 is 1.18 bits per heavy atom. The van der Waals surface area contributed by atoms with Crippen LogP contribution in [-0.2, 0) is 14.3 Å². The van der Waals surface area contributed by atoms with Crippen molar-refractivity contribution in [2.75, 3.05) is 18.0 Å². The second kappa shape index (κ2) is 8.89. The van der Waals surface area contributed by atoms with Gasteiger partial charge in [-0.1, -0.05) is 29.8 Å². The van der Waals surface area contributed by atoms with E-state index >= 15 is 0 Å². The molecule has 28 heavy (non-hydrogen) atoms. The lowest BCUT2D eigenvalue weighted by Gasteiger charge is -2.16. The highest BCUT2D eigenvalue weighted by Gasteiger charge is 2.22. The fraction of sp³-hybridized carbons (Fsp3) is 0.286. The molecule has 2 aromatic carbocycles. The van der Waals surface area contributed by atoms with Gasteiger partial charge in [0, 0.05) is 34.8 Å². The van der Waals surface area contributed by atoms with Gasteiger partial charge in [0.2, 0.25) is 5.91 Å². The number of nitrogens with one attached hydrogen (secondary N) is 1. The number of amides is 2. The third kappa shape index (κ3) is 4.70. The zero-order valence-electron chi connectivity index (χ0n) is 15.5. The summed E-state index contributed by atoms with van der Waals surface area (Å²) < 4.78 is 5.32. The van der Waals surface area contributed by atoms with Crippen LogP contribution in [0.2, 0.25) is 5.02 Å². The number of benzene rings is 2. The zero-order valence-corrected chi connectivity index (χ0v) is 16.2. The van der Waals surface area contributed by atoms with Gasteiger partial charge in [-0.2, -0.15) is 0 Å². The molecular weight excluding hydrogens is 380 g/mol. The number of hydrogen-bond acceptors (Lipinski definition) is 4. The van der Waals surface area contributed by atoms with Crippen molar-refractivity contribution in [2.24, 2.45) is 0 Å². The van der Waals surface area contributed by atoms with E-state index in [4.69, 9.17) is 16.3 Å². The largest absolute Gasteiger partial charge is 0.456 e. The molecule has 2 amide bonds. The van der Waals surface area contributed by atoms with Crippen LogP contribution in [0.25, 0.3) is 0 Å². The number of rotatable bonds is 6. The van der Waals surface area contributed by atoms with Crippen LogP contribution in [0.3, 0.4) is 0 Å². The van der Waals surface area contributed by atoms with Gasteiger partial charge >= 0.3 is 5.97 Å². The molecule has 0 aliphatic carbocycles. The second-order valence-electron chi connectivity index (χ2n) is 6.53. The van der Waals surface area contributed by atoms with Crippen molar-refractivity contribution in [1.82, 2.24) is 5.32 Å². The number of carbonyl (C=O) groups excluding carboxylic acids is 3. The minimum atomic E-state index is -0.556. The molecule has 0 radical (unpaired) electrons. The summed E-state index contributed by atoms with van der Waals surface area (Å²) in [5.41, 5.74) is 1.88. The molecule has 1 aliphatic rings. The average molecular weight is 401 g/mol. The third-order valence-corrected chi connectivity index (χ3v) is 4.90. The Labute approximate surface area is 168 Å². The summed E-state index contributed by atoms with van der Waals surface area (Å²) in [5.74, 6) is -0.853. The molecule has 146 valence electrons.